The van der Waals surface area contributed by atoms with Crippen LogP contribution in [0.4, 0.5) is 11.4 Å². The number of aromatic nitrogens is 1. The number of nitrogens with one attached hydrogen (secondary N) is 3. The molecule has 0 bridgehead atoms. The molecular formula is C13H13N3OS. The van der Waals surface area contributed by atoms with Crippen LogP contribution in [0, 0.1) is 0 Å². The van der Waals surface area contributed by atoms with Gasteiger partial charge in [0.15, 0.2) is 0 Å². The molecular weight excluding hydrogens is 246 g/mol. The predicted octanol–water partition coefficient (Wildman–Crippen LogP) is 2.67. The second kappa shape index (κ2) is 4.78. The molecule has 0 aliphatic carbocycles. The molecule has 0 saturated heterocycles. The van der Waals surface area contributed by atoms with Gasteiger partial charge in [0.05, 0.1) is 11.4 Å². The van der Waals surface area contributed by atoms with E-state index in [1.54, 1.807) is 11.8 Å². The van der Waals surface area contributed by atoms with Crippen molar-refractivity contribution in [2.24, 2.45) is 0 Å². The Morgan fingerprint density at radius 3 is 3.11 bits per heavy atom. The zero-order valence-electron chi connectivity index (χ0n) is 9.69. The van der Waals surface area contributed by atoms with Crippen molar-refractivity contribution in [3.8, 4) is 0 Å². The summed E-state index contributed by atoms with van der Waals surface area (Å²) in [5, 5.41) is 6.22. The highest BCUT2D eigenvalue weighted by atomic mass is 32.2. The summed E-state index contributed by atoms with van der Waals surface area (Å²) < 4.78 is 0. The Morgan fingerprint density at radius 1 is 1.33 bits per heavy atom. The fraction of sp³-hybridized carbons (Fsp3) is 0.154. The third-order valence-corrected chi connectivity index (χ3v) is 3.84. The molecule has 0 saturated carbocycles. The number of benzene rings is 1. The van der Waals surface area contributed by atoms with Crippen molar-refractivity contribution in [3.63, 3.8) is 0 Å². The SMILES string of the molecule is O=C1CSc2ccc(NCc3cc[nH]c3)cc2N1. The fourth-order valence-electron chi connectivity index (χ4n) is 1.87. The number of rotatable bonds is 3. The number of thioether (sulfide) groups is 1. The molecule has 0 fully saturated rings. The third kappa shape index (κ3) is 2.36. The summed E-state index contributed by atoms with van der Waals surface area (Å²) >= 11 is 1.58. The van der Waals surface area contributed by atoms with E-state index in [1.165, 1.54) is 5.56 Å². The van der Waals surface area contributed by atoms with Gasteiger partial charge in [0.2, 0.25) is 5.91 Å². The standard InChI is InChI=1S/C13H13N3OS/c17-13-8-18-12-2-1-10(5-11(12)16-13)15-7-9-3-4-14-6-9/h1-6,14-15H,7-8H2,(H,16,17). The molecule has 2 aromatic rings. The summed E-state index contributed by atoms with van der Waals surface area (Å²) in [5.74, 6) is 0.568. The Labute approximate surface area is 109 Å². The lowest BCUT2D eigenvalue weighted by Crippen LogP contribution is -2.18. The molecule has 4 nitrogen and oxygen atoms in total. The number of anilines is 2. The Bertz CT molecular complexity index is 566. The van der Waals surface area contributed by atoms with Gasteiger partial charge >= 0.3 is 0 Å². The number of hydrogen-bond donors (Lipinski definition) is 3. The molecule has 1 amide bonds. The number of amides is 1. The number of H-pyrrole nitrogens is 1. The first-order valence-corrected chi connectivity index (χ1v) is 6.72. The van der Waals surface area contributed by atoms with Gasteiger partial charge in [-0.05, 0) is 29.8 Å². The molecule has 3 rings (SSSR count). The zero-order valence-corrected chi connectivity index (χ0v) is 10.5. The molecule has 92 valence electrons. The first kappa shape index (κ1) is 11.2. The number of fused-ring (bicyclic) bond motifs is 1. The first-order chi connectivity index (χ1) is 8.81. The van der Waals surface area contributed by atoms with Gasteiger partial charge in [-0.3, -0.25) is 4.79 Å². The van der Waals surface area contributed by atoms with Crippen molar-refractivity contribution in [2.45, 2.75) is 11.4 Å². The quantitative estimate of drug-likeness (QED) is 0.794. The predicted molar refractivity (Wildman–Crippen MR) is 73.9 cm³/mol. The van der Waals surface area contributed by atoms with Gasteiger partial charge < -0.3 is 15.6 Å². The van der Waals surface area contributed by atoms with E-state index in [-0.39, 0.29) is 5.91 Å². The molecule has 1 aliphatic rings. The van der Waals surface area contributed by atoms with Gasteiger partial charge in [0.1, 0.15) is 0 Å². The molecule has 0 spiro atoms. The highest BCUT2D eigenvalue weighted by Crippen LogP contribution is 2.33. The van der Waals surface area contributed by atoms with E-state index in [0.717, 1.165) is 22.8 Å². The van der Waals surface area contributed by atoms with Crippen LogP contribution >= 0.6 is 11.8 Å². The van der Waals surface area contributed by atoms with E-state index < -0.39 is 0 Å². The summed E-state index contributed by atoms with van der Waals surface area (Å²) in [6.45, 7) is 0.767. The van der Waals surface area contributed by atoms with Crippen molar-refractivity contribution in [1.82, 2.24) is 4.98 Å². The van der Waals surface area contributed by atoms with Crippen LogP contribution in [0.2, 0.25) is 0 Å². The number of carbonyl (C=O) groups is 1. The molecule has 0 unspecified atom stereocenters. The van der Waals surface area contributed by atoms with E-state index in [0.29, 0.717) is 5.75 Å². The Kier molecular flexibility index (Phi) is 2.98. The highest BCUT2D eigenvalue weighted by molar-refractivity contribution is 8.00. The molecule has 18 heavy (non-hydrogen) atoms. The van der Waals surface area contributed by atoms with Crippen LogP contribution in [0.1, 0.15) is 5.56 Å². The lowest BCUT2D eigenvalue weighted by Gasteiger charge is -2.17. The average molecular weight is 259 g/mol. The molecule has 1 aromatic carbocycles. The second-order valence-electron chi connectivity index (χ2n) is 4.12. The van der Waals surface area contributed by atoms with Gasteiger partial charge in [-0.1, -0.05) is 0 Å². The van der Waals surface area contributed by atoms with Crippen molar-refractivity contribution in [1.29, 1.82) is 0 Å². The summed E-state index contributed by atoms with van der Waals surface area (Å²) in [7, 11) is 0. The largest absolute Gasteiger partial charge is 0.381 e. The van der Waals surface area contributed by atoms with E-state index >= 15 is 0 Å². The molecule has 1 aliphatic heterocycles. The number of carbonyl (C=O) groups excluding carboxylic acids is 1. The van der Waals surface area contributed by atoms with Crippen LogP contribution in [0.15, 0.2) is 41.6 Å². The summed E-state index contributed by atoms with van der Waals surface area (Å²) in [6, 6.07) is 8.09. The zero-order chi connectivity index (χ0) is 12.4. The van der Waals surface area contributed by atoms with Gasteiger partial charge in [-0.25, -0.2) is 0 Å². The van der Waals surface area contributed by atoms with E-state index in [1.807, 2.05) is 36.7 Å². The van der Waals surface area contributed by atoms with Crippen molar-refractivity contribution in [3.05, 3.63) is 42.2 Å². The normalized spacial score (nSPS) is 13.9. The molecule has 1 aromatic heterocycles. The Hall–Kier alpha value is -1.88. The minimum atomic E-state index is 0.0651. The molecule has 3 N–H and O–H groups in total. The molecule has 0 radical (unpaired) electrons. The summed E-state index contributed by atoms with van der Waals surface area (Å²) in [6.07, 6.45) is 3.86. The van der Waals surface area contributed by atoms with Crippen LogP contribution in [-0.4, -0.2) is 16.6 Å². The van der Waals surface area contributed by atoms with Crippen LogP contribution in [0.5, 0.6) is 0 Å². The minimum absolute atomic E-state index is 0.0651. The monoisotopic (exact) mass is 259 g/mol. The molecule has 0 atom stereocenters. The first-order valence-electron chi connectivity index (χ1n) is 5.73. The van der Waals surface area contributed by atoms with Gasteiger partial charge in [0, 0.05) is 29.5 Å². The highest BCUT2D eigenvalue weighted by Gasteiger charge is 2.15. The van der Waals surface area contributed by atoms with Crippen molar-refractivity contribution >= 4 is 29.0 Å². The minimum Gasteiger partial charge on any atom is -0.381 e. The maximum absolute atomic E-state index is 11.3. The lowest BCUT2D eigenvalue weighted by atomic mass is 10.2. The maximum atomic E-state index is 11.3. The summed E-state index contributed by atoms with van der Waals surface area (Å²) in [4.78, 5) is 15.5. The van der Waals surface area contributed by atoms with Crippen LogP contribution in [0.25, 0.3) is 0 Å². The maximum Gasteiger partial charge on any atom is 0.234 e. The van der Waals surface area contributed by atoms with E-state index in [2.05, 4.69) is 15.6 Å². The van der Waals surface area contributed by atoms with Crippen molar-refractivity contribution in [2.75, 3.05) is 16.4 Å². The van der Waals surface area contributed by atoms with E-state index in [9.17, 15) is 4.79 Å². The van der Waals surface area contributed by atoms with Crippen LogP contribution in [0.3, 0.4) is 0 Å². The average Bonchev–Trinajstić information content (AvgIpc) is 2.89. The molecule has 5 heteroatoms. The number of hydrogen-bond acceptors (Lipinski definition) is 3. The summed E-state index contributed by atoms with van der Waals surface area (Å²) in [5.41, 5.74) is 3.11. The Balaban J connectivity index is 1.73. The second-order valence-corrected chi connectivity index (χ2v) is 5.14. The molecule has 2 heterocycles. The van der Waals surface area contributed by atoms with E-state index in [4.69, 9.17) is 0 Å². The van der Waals surface area contributed by atoms with Crippen LogP contribution < -0.4 is 10.6 Å². The lowest BCUT2D eigenvalue weighted by molar-refractivity contribution is -0.113. The third-order valence-electron chi connectivity index (χ3n) is 2.77. The Morgan fingerprint density at radius 2 is 2.28 bits per heavy atom. The fourth-order valence-corrected chi connectivity index (χ4v) is 2.65. The van der Waals surface area contributed by atoms with Crippen LogP contribution in [-0.2, 0) is 11.3 Å². The topological polar surface area (TPSA) is 56.9 Å². The smallest absolute Gasteiger partial charge is 0.234 e. The van der Waals surface area contributed by atoms with Gasteiger partial charge in [0.25, 0.3) is 0 Å². The number of aromatic amines is 1. The van der Waals surface area contributed by atoms with Gasteiger partial charge in [-0.15, -0.1) is 11.8 Å². The van der Waals surface area contributed by atoms with Gasteiger partial charge in [-0.2, -0.15) is 0 Å². The van der Waals surface area contributed by atoms with Crippen molar-refractivity contribution < 1.29 is 4.79 Å².